The smallest absolute Gasteiger partial charge is 0.0359 e. The second-order valence-corrected chi connectivity index (χ2v) is 6.65. The Kier molecular flexibility index (Phi) is 5.32. The van der Waals surface area contributed by atoms with Crippen LogP contribution in [0, 0.1) is 5.92 Å². The van der Waals surface area contributed by atoms with E-state index in [9.17, 15) is 0 Å². The molecule has 1 aliphatic rings. The third-order valence-corrected chi connectivity index (χ3v) is 5.77. The lowest BCUT2D eigenvalue weighted by Gasteiger charge is -2.42. The highest BCUT2D eigenvalue weighted by atomic mass is 79.9. The summed E-state index contributed by atoms with van der Waals surface area (Å²) in [5, 5.41) is 1.12. The zero-order valence-corrected chi connectivity index (χ0v) is 11.7. The minimum atomic E-state index is 0.461. The Balaban J connectivity index is 1.96. The molecule has 0 aromatic heterocycles. The van der Waals surface area contributed by atoms with Gasteiger partial charge in [-0.15, -0.1) is 0 Å². The Morgan fingerprint density at radius 3 is 2.46 bits per heavy atom. The molecule has 0 aliphatic heterocycles. The topological polar surface area (TPSA) is 0 Å². The van der Waals surface area contributed by atoms with E-state index in [4.69, 9.17) is 0 Å². The lowest BCUT2D eigenvalue weighted by Crippen LogP contribution is -2.39. The Bertz CT molecular complexity index is 139. The Hall–Kier alpha value is 0.960. The molecule has 2 heteroatoms. The molecule has 0 heterocycles. The molecule has 0 atom stereocenters. The summed E-state index contributed by atoms with van der Waals surface area (Å²) >= 11 is 7.34. The van der Waals surface area contributed by atoms with E-state index in [2.05, 4.69) is 38.8 Å². The van der Waals surface area contributed by atoms with E-state index in [1.54, 1.807) is 0 Å². The van der Waals surface area contributed by atoms with Gasteiger partial charge in [-0.2, -0.15) is 0 Å². The summed E-state index contributed by atoms with van der Waals surface area (Å²) in [5.74, 6) is 1.01. The highest BCUT2D eigenvalue weighted by Crippen LogP contribution is 2.47. The SMILES string of the molecule is CCCCCCC1CC(Br)([13CH2]Br)C1. The fraction of sp³-hybridized carbons (Fsp3) is 1.00. The summed E-state index contributed by atoms with van der Waals surface area (Å²) in [6.07, 6.45) is 9.88. The summed E-state index contributed by atoms with van der Waals surface area (Å²) in [7, 11) is 0. The van der Waals surface area contributed by atoms with Crippen LogP contribution in [0.15, 0.2) is 0 Å². The largest absolute Gasteiger partial charge is 0.0913 e. The van der Waals surface area contributed by atoms with Crippen LogP contribution < -0.4 is 0 Å². The molecular formula is C11H20Br2. The predicted molar refractivity (Wildman–Crippen MR) is 66.9 cm³/mol. The van der Waals surface area contributed by atoms with Gasteiger partial charge in [-0.1, -0.05) is 70.9 Å². The number of alkyl halides is 2. The average Bonchev–Trinajstić information content (AvgIpc) is 2.08. The van der Waals surface area contributed by atoms with Gasteiger partial charge in [0.2, 0.25) is 0 Å². The Labute approximate surface area is 99.1 Å². The summed E-state index contributed by atoms with van der Waals surface area (Å²) in [5.41, 5.74) is 0. The maximum atomic E-state index is 3.78. The standard InChI is InChI=1S/C11H20Br2/c1-2-3-4-5-6-10-7-11(13,8-10)9-12/h10H,2-9H2,1H3/i9+1. The van der Waals surface area contributed by atoms with Crippen LogP contribution in [0.2, 0.25) is 0 Å². The molecule has 0 nitrogen and oxygen atoms in total. The minimum absolute atomic E-state index is 0.461. The molecule has 1 saturated carbocycles. The van der Waals surface area contributed by atoms with Crippen LogP contribution in [0.3, 0.4) is 0 Å². The Morgan fingerprint density at radius 1 is 1.23 bits per heavy atom. The van der Waals surface area contributed by atoms with Gasteiger partial charge in [0.25, 0.3) is 0 Å². The molecule has 78 valence electrons. The summed E-state index contributed by atoms with van der Waals surface area (Å²) in [4.78, 5) is 0. The van der Waals surface area contributed by atoms with Crippen LogP contribution in [-0.2, 0) is 0 Å². The highest BCUT2D eigenvalue weighted by molar-refractivity contribution is 9.12. The molecule has 0 aromatic rings. The second-order valence-electron chi connectivity index (χ2n) is 4.41. The molecule has 0 saturated heterocycles. The van der Waals surface area contributed by atoms with Crippen molar-refractivity contribution in [2.45, 2.75) is 56.2 Å². The number of rotatable bonds is 6. The molecule has 0 amide bonds. The van der Waals surface area contributed by atoms with Crippen LogP contribution in [0.4, 0.5) is 0 Å². The van der Waals surface area contributed by atoms with E-state index in [0.717, 1.165) is 11.2 Å². The minimum Gasteiger partial charge on any atom is -0.0913 e. The van der Waals surface area contributed by atoms with Gasteiger partial charge in [-0.25, -0.2) is 0 Å². The molecule has 0 spiro atoms. The lowest BCUT2D eigenvalue weighted by molar-refractivity contribution is 0.236. The number of hydrogen-bond acceptors (Lipinski definition) is 0. The van der Waals surface area contributed by atoms with Gasteiger partial charge < -0.3 is 0 Å². The van der Waals surface area contributed by atoms with Crippen LogP contribution in [0.25, 0.3) is 0 Å². The fourth-order valence-electron chi connectivity index (χ4n) is 2.15. The van der Waals surface area contributed by atoms with Crippen molar-refractivity contribution in [2.75, 3.05) is 5.33 Å². The normalized spacial score (nSPS) is 33.0. The van der Waals surface area contributed by atoms with Gasteiger partial charge in [-0.3, -0.25) is 0 Å². The molecule has 1 aliphatic carbocycles. The first-order chi connectivity index (χ1) is 6.20. The van der Waals surface area contributed by atoms with Gasteiger partial charge in [0.15, 0.2) is 0 Å². The molecule has 0 radical (unpaired) electrons. The van der Waals surface area contributed by atoms with Crippen LogP contribution >= 0.6 is 31.9 Å². The number of unbranched alkanes of at least 4 members (excludes halogenated alkanes) is 3. The highest BCUT2D eigenvalue weighted by Gasteiger charge is 2.40. The molecule has 1 fully saturated rings. The fourth-order valence-corrected chi connectivity index (χ4v) is 3.52. The summed E-state index contributed by atoms with van der Waals surface area (Å²) in [6.45, 7) is 2.28. The van der Waals surface area contributed by atoms with Gasteiger partial charge in [0.05, 0.1) is 0 Å². The zero-order valence-electron chi connectivity index (χ0n) is 8.49. The van der Waals surface area contributed by atoms with Crippen molar-refractivity contribution in [2.24, 2.45) is 5.92 Å². The van der Waals surface area contributed by atoms with Crippen LogP contribution in [-0.4, -0.2) is 9.65 Å². The number of hydrogen-bond donors (Lipinski definition) is 0. The predicted octanol–water partition coefficient (Wildman–Crippen LogP) is 4.90. The van der Waals surface area contributed by atoms with Crippen molar-refractivity contribution in [3.63, 3.8) is 0 Å². The molecule has 0 N–H and O–H groups in total. The van der Waals surface area contributed by atoms with Crippen LogP contribution in [0.1, 0.15) is 51.9 Å². The van der Waals surface area contributed by atoms with E-state index in [-0.39, 0.29) is 0 Å². The average molecular weight is 313 g/mol. The Morgan fingerprint density at radius 2 is 1.92 bits per heavy atom. The maximum absolute atomic E-state index is 3.78. The van der Waals surface area contributed by atoms with E-state index >= 15 is 0 Å². The first kappa shape index (κ1) is 12.0. The van der Waals surface area contributed by atoms with Gasteiger partial charge in [0.1, 0.15) is 0 Å². The number of halogens is 2. The maximum Gasteiger partial charge on any atom is 0.0359 e. The van der Waals surface area contributed by atoms with E-state index in [1.165, 1.54) is 44.9 Å². The summed E-state index contributed by atoms with van der Waals surface area (Å²) in [6, 6.07) is 0. The molecule has 0 unspecified atom stereocenters. The second kappa shape index (κ2) is 5.75. The molecular weight excluding hydrogens is 293 g/mol. The van der Waals surface area contributed by atoms with E-state index in [1.807, 2.05) is 0 Å². The van der Waals surface area contributed by atoms with Crippen molar-refractivity contribution in [3.8, 4) is 0 Å². The van der Waals surface area contributed by atoms with Crippen molar-refractivity contribution in [1.82, 2.24) is 0 Å². The molecule has 13 heavy (non-hydrogen) atoms. The first-order valence-electron chi connectivity index (χ1n) is 5.45. The van der Waals surface area contributed by atoms with Gasteiger partial charge >= 0.3 is 0 Å². The van der Waals surface area contributed by atoms with Crippen molar-refractivity contribution >= 4 is 31.9 Å². The van der Waals surface area contributed by atoms with E-state index in [0.29, 0.717) is 4.32 Å². The third-order valence-electron chi connectivity index (χ3n) is 3.01. The molecule has 1 rings (SSSR count). The van der Waals surface area contributed by atoms with Crippen molar-refractivity contribution in [3.05, 3.63) is 0 Å². The first-order valence-corrected chi connectivity index (χ1v) is 7.36. The quantitative estimate of drug-likeness (QED) is 0.372. The molecule has 0 bridgehead atoms. The van der Waals surface area contributed by atoms with Gasteiger partial charge in [0, 0.05) is 9.65 Å². The van der Waals surface area contributed by atoms with E-state index < -0.39 is 0 Å². The lowest BCUT2D eigenvalue weighted by atomic mass is 9.76. The van der Waals surface area contributed by atoms with Crippen LogP contribution in [0.5, 0.6) is 0 Å². The zero-order chi connectivity index (χ0) is 9.73. The van der Waals surface area contributed by atoms with Gasteiger partial charge in [-0.05, 0) is 18.8 Å². The molecule has 0 aromatic carbocycles. The monoisotopic (exact) mass is 311 g/mol. The summed E-state index contributed by atoms with van der Waals surface area (Å²) < 4.78 is 0.461. The van der Waals surface area contributed by atoms with Crippen molar-refractivity contribution in [1.29, 1.82) is 0 Å². The van der Waals surface area contributed by atoms with Crippen molar-refractivity contribution < 1.29 is 0 Å². The third kappa shape index (κ3) is 3.91.